The molecule has 0 spiro atoms. The highest BCUT2D eigenvalue weighted by Gasteiger charge is 2.05. The highest BCUT2D eigenvalue weighted by atomic mass is 35.5. The maximum Gasteiger partial charge on any atom is 0.247 e. The molecule has 0 saturated heterocycles. The minimum Gasteiger partial charge on any atom is -0.356 e. The molecule has 0 aliphatic heterocycles. The van der Waals surface area contributed by atoms with Crippen LogP contribution < -0.4 is 0 Å². The van der Waals surface area contributed by atoms with Crippen LogP contribution in [0.1, 0.15) is 13.3 Å². The first-order chi connectivity index (χ1) is 4.70. The zero-order chi connectivity index (χ0) is 7.98. The first kappa shape index (κ1) is 9.88. The third-order valence-corrected chi connectivity index (χ3v) is 1.09. The smallest absolute Gasteiger partial charge is 0.247 e. The summed E-state index contributed by atoms with van der Waals surface area (Å²) in [6, 6.07) is 0. The predicted molar refractivity (Wildman–Crippen MR) is 37.9 cm³/mol. The van der Waals surface area contributed by atoms with Crippen molar-refractivity contribution < 1.29 is 14.3 Å². The third-order valence-electron chi connectivity index (χ3n) is 0.979. The van der Waals surface area contributed by atoms with Gasteiger partial charge in [0.25, 0.3) is 0 Å². The molecule has 10 heavy (non-hydrogen) atoms. The summed E-state index contributed by atoms with van der Waals surface area (Å²) in [4.78, 5) is 10.2. The average molecular weight is 167 g/mol. The molecule has 3 nitrogen and oxygen atoms in total. The Hall–Kier alpha value is -0.120. The lowest BCUT2D eigenvalue weighted by atomic mass is 10.5. The van der Waals surface area contributed by atoms with E-state index in [1.165, 1.54) is 7.11 Å². The highest BCUT2D eigenvalue weighted by molar-refractivity contribution is 6.63. The molecule has 0 radical (unpaired) electrons. The summed E-state index contributed by atoms with van der Waals surface area (Å²) in [5.74, 6) is 0. The largest absolute Gasteiger partial charge is 0.356 e. The number of halogens is 1. The Kier molecular flexibility index (Phi) is 5.58. The number of carbonyl (C=O) groups is 1. The molecule has 0 fully saturated rings. The van der Waals surface area contributed by atoms with Crippen molar-refractivity contribution in [1.29, 1.82) is 0 Å². The Morgan fingerprint density at radius 1 is 1.70 bits per heavy atom. The number of hydrogen-bond donors (Lipinski definition) is 0. The Labute approximate surface area is 65.3 Å². The quantitative estimate of drug-likeness (QED) is 0.454. The third kappa shape index (κ3) is 4.73. The second kappa shape index (κ2) is 5.65. The van der Waals surface area contributed by atoms with Gasteiger partial charge in [-0.2, -0.15) is 0 Å². The molecule has 0 aliphatic rings. The molecular weight excluding hydrogens is 156 g/mol. The van der Waals surface area contributed by atoms with Gasteiger partial charge in [-0.1, -0.05) is 6.92 Å². The van der Waals surface area contributed by atoms with Crippen LogP contribution in [0, 0.1) is 0 Å². The number of rotatable bonds is 5. The molecule has 0 aliphatic carbocycles. The predicted octanol–water partition coefficient (Wildman–Crippen LogP) is 1.15. The SMILES string of the molecule is CCC(OC)OCC(=O)Cl. The van der Waals surface area contributed by atoms with E-state index in [0.29, 0.717) is 6.42 Å². The molecule has 0 aromatic heterocycles. The van der Waals surface area contributed by atoms with Gasteiger partial charge in [0, 0.05) is 7.11 Å². The topological polar surface area (TPSA) is 35.5 Å². The van der Waals surface area contributed by atoms with Crippen LogP contribution in [-0.4, -0.2) is 25.2 Å². The van der Waals surface area contributed by atoms with Crippen molar-refractivity contribution in [3.63, 3.8) is 0 Å². The van der Waals surface area contributed by atoms with Crippen molar-refractivity contribution in [1.82, 2.24) is 0 Å². The molecule has 0 saturated carbocycles. The highest BCUT2D eigenvalue weighted by Crippen LogP contribution is 1.98. The van der Waals surface area contributed by atoms with E-state index in [1.54, 1.807) is 0 Å². The van der Waals surface area contributed by atoms with Crippen molar-refractivity contribution in [3.05, 3.63) is 0 Å². The molecule has 0 bridgehead atoms. The molecule has 0 aromatic rings. The van der Waals surface area contributed by atoms with Gasteiger partial charge in [-0.15, -0.1) is 0 Å². The van der Waals surface area contributed by atoms with Crippen LogP contribution in [0.3, 0.4) is 0 Å². The van der Waals surface area contributed by atoms with Gasteiger partial charge in [0.1, 0.15) is 6.61 Å². The molecule has 4 heteroatoms. The normalized spacial score (nSPS) is 13.1. The second-order valence-electron chi connectivity index (χ2n) is 1.74. The molecule has 1 unspecified atom stereocenters. The van der Waals surface area contributed by atoms with Gasteiger partial charge in [-0.05, 0) is 18.0 Å². The van der Waals surface area contributed by atoms with E-state index >= 15 is 0 Å². The summed E-state index contributed by atoms with van der Waals surface area (Å²) in [7, 11) is 1.52. The summed E-state index contributed by atoms with van der Waals surface area (Å²) in [6.07, 6.45) is 0.392. The Bertz CT molecular complexity index is 101. The lowest BCUT2D eigenvalue weighted by Gasteiger charge is -2.11. The van der Waals surface area contributed by atoms with E-state index < -0.39 is 5.24 Å². The van der Waals surface area contributed by atoms with Gasteiger partial charge in [0.15, 0.2) is 6.29 Å². The van der Waals surface area contributed by atoms with Crippen LogP contribution in [0.15, 0.2) is 0 Å². The molecule has 0 heterocycles. The van der Waals surface area contributed by atoms with E-state index in [1.807, 2.05) is 6.92 Å². The Balaban J connectivity index is 3.34. The summed E-state index contributed by atoms with van der Waals surface area (Å²) < 4.78 is 9.71. The number of hydrogen-bond acceptors (Lipinski definition) is 3. The molecule has 0 rings (SSSR count). The van der Waals surface area contributed by atoms with Gasteiger partial charge in [0.05, 0.1) is 0 Å². The minimum atomic E-state index is -0.504. The number of ether oxygens (including phenoxy) is 2. The molecule has 0 aromatic carbocycles. The Morgan fingerprint density at radius 2 is 2.30 bits per heavy atom. The van der Waals surface area contributed by atoms with E-state index in [2.05, 4.69) is 0 Å². The van der Waals surface area contributed by atoms with Crippen molar-refractivity contribution in [2.75, 3.05) is 13.7 Å². The van der Waals surface area contributed by atoms with Crippen molar-refractivity contribution in [3.8, 4) is 0 Å². The zero-order valence-electron chi connectivity index (χ0n) is 6.09. The van der Waals surface area contributed by atoms with Crippen molar-refractivity contribution in [2.45, 2.75) is 19.6 Å². The maximum atomic E-state index is 10.2. The van der Waals surface area contributed by atoms with E-state index in [0.717, 1.165) is 0 Å². The maximum absolute atomic E-state index is 10.2. The van der Waals surface area contributed by atoms with Crippen molar-refractivity contribution >= 4 is 16.8 Å². The van der Waals surface area contributed by atoms with Crippen LogP contribution in [0.4, 0.5) is 0 Å². The summed E-state index contributed by atoms with van der Waals surface area (Å²) >= 11 is 5.02. The summed E-state index contributed by atoms with van der Waals surface area (Å²) in [6.45, 7) is 1.81. The van der Waals surface area contributed by atoms with Gasteiger partial charge in [-0.3, -0.25) is 4.79 Å². The molecule has 60 valence electrons. The van der Waals surface area contributed by atoms with E-state index in [9.17, 15) is 4.79 Å². The number of carbonyl (C=O) groups excluding carboxylic acids is 1. The summed E-state index contributed by atoms with van der Waals surface area (Å²) in [5, 5.41) is -0.504. The fourth-order valence-corrected chi connectivity index (χ4v) is 0.574. The number of methoxy groups -OCH3 is 1. The lowest BCUT2D eigenvalue weighted by molar-refractivity contribution is -0.141. The molecule has 0 amide bonds. The monoisotopic (exact) mass is 166 g/mol. The molecular formula is C6H11ClO3. The van der Waals surface area contributed by atoms with Gasteiger partial charge in [0.2, 0.25) is 5.24 Å². The van der Waals surface area contributed by atoms with Gasteiger partial charge >= 0.3 is 0 Å². The van der Waals surface area contributed by atoms with E-state index in [4.69, 9.17) is 21.1 Å². The summed E-state index contributed by atoms with van der Waals surface area (Å²) in [5.41, 5.74) is 0. The van der Waals surface area contributed by atoms with Crippen LogP contribution in [0.25, 0.3) is 0 Å². The van der Waals surface area contributed by atoms with Gasteiger partial charge < -0.3 is 9.47 Å². The van der Waals surface area contributed by atoms with Crippen LogP contribution in [0.5, 0.6) is 0 Å². The van der Waals surface area contributed by atoms with Crippen molar-refractivity contribution in [2.24, 2.45) is 0 Å². The standard InChI is InChI=1S/C6H11ClO3/c1-3-6(9-2)10-4-5(7)8/h6H,3-4H2,1-2H3. The fraction of sp³-hybridized carbons (Fsp3) is 0.833. The molecule has 0 N–H and O–H groups in total. The zero-order valence-corrected chi connectivity index (χ0v) is 6.85. The molecule has 1 atom stereocenters. The lowest BCUT2D eigenvalue weighted by Crippen LogP contribution is -2.16. The fourth-order valence-electron chi connectivity index (χ4n) is 0.511. The van der Waals surface area contributed by atoms with Crippen LogP contribution >= 0.6 is 11.6 Å². The van der Waals surface area contributed by atoms with Crippen LogP contribution in [0.2, 0.25) is 0 Å². The first-order valence-electron chi connectivity index (χ1n) is 3.03. The minimum absolute atomic E-state index is 0.0894. The first-order valence-corrected chi connectivity index (χ1v) is 3.41. The van der Waals surface area contributed by atoms with Crippen LogP contribution in [-0.2, 0) is 14.3 Å². The second-order valence-corrected chi connectivity index (χ2v) is 2.16. The average Bonchev–Trinajstić information content (AvgIpc) is 1.90. The van der Waals surface area contributed by atoms with Gasteiger partial charge in [-0.25, -0.2) is 0 Å². The Morgan fingerprint density at radius 3 is 2.60 bits per heavy atom. The van der Waals surface area contributed by atoms with E-state index in [-0.39, 0.29) is 12.9 Å².